The van der Waals surface area contributed by atoms with E-state index in [2.05, 4.69) is 42.5 Å². The lowest BCUT2D eigenvalue weighted by molar-refractivity contribution is -0.150. The van der Waals surface area contributed by atoms with E-state index in [0.29, 0.717) is 24.0 Å². The number of unbranched alkanes of at least 4 members (excludes halogenated alkanes) is 1. The number of nitrogens with two attached hydrogens (primary N) is 6. The van der Waals surface area contributed by atoms with Crippen LogP contribution in [0.3, 0.4) is 0 Å². The first kappa shape index (κ1) is 68.9. The van der Waals surface area contributed by atoms with E-state index in [1.54, 1.807) is 30.3 Å². The van der Waals surface area contributed by atoms with E-state index in [4.69, 9.17) is 34.4 Å². The summed E-state index contributed by atoms with van der Waals surface area (Å²) in [4.78, 5) is 192. The second kappa shape index (κ2) is 34.9. The maximum absolute atomic E-state index is 14.9. The molecule has 464 valence electrons. The van der Waals surface area contributed by atoms with Crippen LogP contribution in [0, 0.1) is 0 Å². The van der Waals surface area contributed by atoms with Crippen molar-refractivity contribution in [3.63, 3.8) is 0 Å². The van der Waals surface area contributed by atoms with Gasteiger partial charge in [0.25, 0.3) is 0 Å². The van der Waals surface area contributed by atoms with Gasteiger partial charge in [-0.25, -0.2) is 0 Å². The number of hydrogen-bond acceptors (Lipinski definition) is 19. The lowest BCUT2D eigenvalue weighted by Gasteiger charge is -2.35. The fraction of sp³-hybridized carbons (Fsp3) is 0.500. The standard InChI is InChI=1S/C52H74N16O15S2/c53-17-5-4-9-37(45(58)76)68(25-41(57)72)52(83)38-10-6-18-67(38)51(82)36-27-85-84-26-35(61-44(75)24-60-43(74)23-59-42(73)22-54)50(81)64-33(20-29-11-13-30(69)14-12-29)48(79)63-32(19-28-7-2-1-3-8-28)47(78)62-31(15-16-39(55)70)46(77)65-34(21-40(56)71)49(80)66-36/h1-3,7-8,11-14,31-38,69H,4-6,9-10,15-27,53-54H2,(H2,55,70)(H2,56,71)(H2,57,72)(H2,58,76)(H,59,73)(H,60,74)(H,61,75)(H,62,78)(H,63,79)(H,64,81)(H,65,77)(H,66,80). The van der Waals surface area contributed by atoms with Crippen LogP contribution in [-0.4, -0.2) is 197 Å². The Labute approximate surface area is 496 Å². The lowest BCUT2D eigenvalue weighted by Crippen LogP contribution is -2.61. The molecule has 2 aromatic carbocycles. The van der Waals surface area contributed by atoms with Crippen molar-refractivity contribution in [3.05, 3.63) is 65.7 Å². The number of aromatic hydroxyl groups is 1. The zero-order chi connectivity index (χ0) is 62.8. The number of phenolic OH excluding ortho intramolecular Hbond substituents is 1. The molecule has 8 unspecified atom stereocenters. The largest absolute Gasteiger partial charge is 0.508 e. The van der Waals surface area contributed by atoms with Gasteiger partial charge in [-0.1, -0.05) is 64.1 Å². The normalized spacial score (nSPS) is 21.2. The van der Waals surface area contributed by atoms with Crippen LogP contribution in [0.4, 0.5) is 0 Å². The van der Waals surface area contributed by atoms with Crippen molar-refractivity contribution in [1.29, 1.82) is 0 Å². The molecule has 2 saturated heterocycles. The van der Waals surface area contributed by atoms with Gasteiger partial charge in [-0.3, -0.25) is 67.1 Å². The highest BCUT2D eigenvalue weighted by atomic mass is 33.1. The van der Waals surface area contributed by atoms with Crippen molar-refractivity contribution in [2.75, 3.05) is 50.8 Å². The molecule has 0 spiro atoms. The molecule has 2 heterocycles. The first-order valence-corrected chi connectivity index (χ1v) is 29.5. The Kier molecular flexibility index (Phi) is 28.3. The number of phenols is 1. The zero-order valence-corrected chi connectivity index (χ0v) is 48.0. The summed E-state index contributed by atoms with van der Waals surface area (Å²) < 4.78 is 0. The first-order valence-electron chi connectivity index (χ1n) is 27.0. The second-order valence-electron chi connectivity index (χ2n) is 19.8. The predicted molar refractivity (Wildman–Crippen MR) is 307 cm³/mol. The Balaban J connectivity index is 1.85. The highest BCUT2D eigenvalue weighted by molar-refractivity contribution is 8.76. The minimum absolute atomic E-state index is 0.00725. The smallest absolute Gasteiger partial charge is 0.246 e. The van der Waals surface area contributed by atoms with Crippen molar-refractivity contribution < 1.29 is 72.2 Å². The number of rotatable bonds is 25. The second-order valence-corrected chi connectivity index (χ2v) is 22.4. The summed E-state index contributed by atoms with van der Waals surface area (Å²) in [5.41, 5.74) is 34.1. The maximum atomic E-state index is 14.9. The van der Waals surface area contributed by atoms with E-state index in [0.717, 1.165) is 31.4 Å². The van der Waals surface area contributed by atoms with Crippen LogP contribution in [-0.2, 0) is 80.0 Å². The average Bonchev–Trinajstić information content (AvgIpc) is 3.03. The molecule has 85 heavy (non-hydrogen) atoms. The van der Waals surface area contributed by atoms with Crippen LogP contribution in [0.1, 0.15) is 62.5 Å². The third-order valence-electron chi connectivity index (χ3n) is 13.2. The van der Waals surface area contributed by atoms with Crippen LogP contribution < -0.4 is 76.9 Å². The fourth-order valence-electron chi connectivity index (χ4n) is 8.91. The minimum atomic E-state index is -1.90. The predicted octanol–water partition coefficient (Wildman–Crippen LogP) is -6.90. The minimum Gasteiger partial charge on any atom is -0.508 e. The van der Waals surface area contributed by atoms with Crippen LogP contribution in [0.25, 0.3) is 0 Å². The molecule has 0 saturated carbocycles. The first-order chi connectivity index (χ1) is 40.4. The molecule has 2 aliphatic heterocycles. The summed E-state index contributed by atoms with van der Waals surface area (Å²) in [5, 5.41) is 29.7. The quantitative estimate of drug-likeness (QED) is 0.0324. The monoisotopic (exact) mass is 1230 g/mol. The Hall–Kier alpha value is -8.56. The summed E-state index contributed by atoms with van der Waals surface area (Å²) in [6.07, 6.45) is -1.55. The molecule has 14 amide bonds. The van der Waals surface area contributed by atoms with Gasteiger partial charge in [0.2, 0.25) is 82.7 Å². The van der Waals surface area contributed by atoms with E-state index >= 15 is 0 Å². The van der Waals surface area contributed by atoms with Crippen molar-refractivity contribution in [3.8, 4) is 5.75 Å². The average molecular weight is 1230 g/mol. The number of amides is 14. The molecule has 8 atom stereocenters. The molecule has 31 nitrogen and oxygen atoms in total. The van der Waals surface area contributed by atoms with E-state index in [1.807, 2.05) is 0 Å². The van der Waals surface area contributed by atoms with Crippen molar-refractivity contribution in [2.45, 2.75) is 113 Å². The Morgan fingerprint density at radius 2 is 1.21 bits per heavy atom. The van der Waals surface area contributed by atoms with Gasteiger partial charge < -0.3 is 91.8 Å². The van der Waals surface area contributed by atoms with Crippen molar-refractivity contribution in [1.82, 2.24) is 52.3 Å². The Morgan fingerprint density at radius 3 is 1.81 bits per heavy atom. The highest BCUT2D eigenvalue weighted by Crippen LogP contribution is 2.27. The van der Waals surface area contributed by atoms with Gasteiger partial charge in [0.1, 0.15) is 60.6 Å². The fourth-order valence-corrected chi connectivity index (χ4v) is 11.2. The lowest BCUT2D eigenvalue weighted by atomic mass is 10.0. The summed E-state index contributed by atoms with van der Waals surface area (Å²) in [6, 6.07) is 1.01. The SMILES string of the molecule is NCCCCC(C(N)=O)N(CC(N)=O)C(=O)C1CCCN1C(=O)C1CSSCC(NC(=O)CNC(=O)CNC(=O)CN)C(=O)NC(Cc2ccc(O)cc2)C(=O)NC(Cc2ccccc2)C(=O)NC(CCC(N)=O)C(=O)NC(CC(N)=O)C(=O)N1. The van der Waals surface area contributed by atoms with Gasteiger partial charge in [0.15, 0.2) is 0 Å². The highest BCUT2D eigenvalue weighted by Gasteiger charge is 2.43. The summed E-state index contributed by atoms with van der Waals surface area (Å²) >= 11 is 0. The zero-order valence-electron chi connectivity index (χ0n) is 46.4. The number of carbonyl (C=O) groups is 14. The van der Waals surface area contributed by atoms with E-state index in [1.165, 1.54) is 24.3 Å². The van der Waals surface area contributed by atoms with E-state index in [-0.39, 0.29) is 56.7 Å². The number of carbonyl (C=O) groups excluding carboxylic acids is 14. The molecular weight excluding hydrogens is 1150 g/mol. The van der Waals surface area contributed by atoms with Crippen molar-refractivity contribution >= 4 is 104 Å². The van der Waals surface area contributed by atoms with Gasteiger partial charge in [-0.2, -0.15) is 0 Å². The van der Waals surface area contributed by atoms with E-state index < -0.39 is 182 Å². The molecule has 0 aliphatic carbocycles. The number of nitrogens with zero attached hydrogens (tertiary/aromatic N) is 2. The van der Waals surface area contributed by atoms with Gasteiger partial charge in [-0.15, -0.1) is 0 Å². The van der Waals surface area contributed by atoms with Crippen LogP contribution >= 0.6 is 21.6 Å². The summed E-state index contributed by atoms with van der Waals surface area (Å²) in [7, 11) is 1.69. The molecule has 33 heteroatoms. The maximum Gasteiger partial charge on any atom is 0.246 e. The Morgan fingerprint density at radius 1 is 0.647 bits per heavy atom. The molecule has 0 radical (unpaired) electrons. The Bertz CT molecular complexity index is 2750. The molecule has 21 N–H and O–H groups in total. The number of primary amides is 4. The van der Waals surface area contributed by atoms with Gasteiger partial charge in [-0.05, 0) is 68.3 Å². The topological polar surface area (TPSA) is 518 Å². The summed E-state index contributed by atoms with van der Waals surface area (Å²) in [6.45, 7) is -2.37. The molecule has 2 aliphatic rings. The van der Waals surface area contributed by atoms with Gasteiger partial charge >= 0.3 is 0 Å². The van der Waals surface area contributed by atoms with Gasteiger partial charge in [0.05, 0.1) is 26.1 Å². The van der Waals surface area contributed by atoms with Crippen LogP contribution in [0.5, 0.6) is 5.75 Å². The summed E-state index contributed by atoms with van der Waals surface area (Å²) in [5.74, 6) is -14.6. The molecule has 2 aromatic rings. The molecule has 4 rings (SSSR count). The van der Waals surface area contributed by atoms with Crippen molar-refractivity contribution in [2.24, 2.45) is 34.4 Å². The molecule has 2 fully saturated rings. The molecular formula is C52H74N16O15S2. The third kappa shape index (κ3) is 23.2. The molecule has 0 bridgehead atoms. The number of benzene rings is 2. The third-order valence-corrected chi connectivity index (χ3v) is 15.7. The number of nitrogens with one attached hydrogen (secondary N) is 8. The number of likely N-dealkylation sites (tertiary alicyclic amines) is 1. The van der Waals surface area contributed by atoms with E-state index in [9.17, 15) is 72.2 Å². The van der Waals surface area contributed by atoms with Gasteiger partial charge in [0, 0.05) is 37.3 Å². The van der Waals surface area contributed by atoms with Crippen LogP contribution in [0.2, 0.25) is 0 Å². The van der Waals surface area contributed by atoms with Crippen LogP contribution in [0.15, 0.2) is 54.6 Å². The number of hydrogen-bond donors (Lipinski definition) is 15. The molecule has 0 aromatic heterocycles.